The van der Waals surface area contributed by atoms with E-state index in [1.807, 2.05) is 6.92 Å². The molecule has 2 nitrogen and oxygen atoms in total. The third-order valence-electron chi connectivity index (χ3n) is 1.64. The van der Waals surface area contributed by atoms with Crippen LogP contribution in [0.2, 0.25) is 5.02 Å². The summed E-state index contributed by atoms with van der Waals surface area (Å²) in [6.07, 6.45) is 0.956. The van der Waals surface area contributed by atoms with Crippen LogP contribution in [0.4, 0.5) is 0 Å². The van der Waals surface area contributed by atoms with E-state index < -0.39 is 0 Å². The van der Waals surface area contributed by atoms with Crippen LogP contribution in [0.3, 0.4) is 0 Å². The molecule has 1 N–H and O–H groups in total. The van der Waals surface area contributed by atoms with Crippen LogP contribution >= 0.6 is 11.6 Å². The third kappa shape index (κ3) is 2.90. The molecule has 0 unspecified atom stereocenters. The highest BCUT2D eigenvalue weighted by molar-refractivity contribution is 6.32. The van der Waals surface area contributed by atoms with E-state index in [4.69, 9.17) is 21.4 Å². The second-order valence-corrected chi connectivity index (χ2v) is 3.18. The zero-order chi connectivity index (χ0) is 9.68. The van der Waals surface area contributed by atoms with Crippen LogP contribution < -0.4 is 4.74 Å². The quantitative estimate of drug-likeness (QED) is 0.810. The van der Waals surface area contributed by atoms with Crippen molar-refractivity contribution in [3.8, 4) is 5.75 Å². The molecule has 3 heteroatoms. The van der Waals surface area contributed by atoms with Gasteiger partial charge in [-0.2, -0.15) is 0 Å². The molecular weight excluding hydrogens is 188 g/mol. The molecule has 0 spiro atoms. The molecule has 13 heavy (non-hydrogen) atoms. The van der Waals surface area contributed by atoms with Crippen LogP contribution in [-0.4, -0.2) is 11.7 Å². The molecule has 0 aliphatic rings. The molecule has 0 saturated heterocycles. The van der Waals surface area contributed by atoms with Gasteiger partial charge >= 0.3 is 0 Å². The minimum Gasteiger partial charge on any atom is -0.492 e. The number of rotatable bonds is 4. The second-order valence-electron chi connectivity index (χ2n) is 2.77. The van der Waals surface area contributed by atoms with E-state index in [0.29, 0.717) is 17.4 Å². The number of aliphatic hydroxyl groups is 1. The van der Waals surface area contributed by atoms with E-state index in [0.717, 1.165) is 12.0 Å². The summed E-state index contributed by atoms with van der Waals surface area (Å²) >= 11 is 5.91. The predicted molar refractivity (Wildman–Crippen MR) is 53.2 cm³/mol. The summed E-state index contributed by atoms with van der Waals surface area (Å²) in [6.45, 7) is 2.71. The lowest BCUT2D eigenvalue weighted by molar-refractivity contribution is 0.281. The van der Waals surface area contributed by atoms with Gasteiger partial charge in [-0.3, -0.25) is 0 Å². The molecule has 0 saturated carbocycles. The van der Waals surface area contributed by atoms with Gasteiger partial charge in [0.1, 0.15) is 5.75 Å². The molecule has 0 heterocycles. The van der Waals surface area contributed by atoms with Crippen molar-refractivity contribution in [1.82, 2.24) is 0 Å². The lowest BCUT2D eigenvalue weighted by Gasteiger charge is -2.07. The van der Waals surface area contributed by atoms with Crippen molar-refractivity contribution in [3.63, 3.8) is 0 Å². The van der Waals surface area contributed by atoms with Gasteiger partial charge in [-0.15, -0.1) is 0 Å². The standard InChI is InChI=1S/C10H13ClO2/c1-2-5-13-10-4-3-8(7-12)6-9(10)11/h3-4,6,12H,2,5,7H2,1H3. The molecule has 0 atom stereocenters. The molecule has 0 radical (unpaired) electrons. The SMILES string of the molecule is CCCOc1ccc(CO)cc1Cl. The Balaban J connectivity index is 2.73. The van der Waals surface area contributed by atoms with Crippen molar-refractivity contribution in [2.24, 2.45) is 0 Å². The summed E-state index contributed by atoms with van der Waals surface area (Å²) in [5.74, 6) is 0.681. The smallest absolute Gasteiger partial charge is 0.137 e. The van der Waals surface area contributed by atoms with Crippen LogP contribution in [-0.2, 0) is 6.61 Å². The lowest BCUT2D eigenvalue weighted by atomic mass is 10.2. The van der Waals surface area contributed by atoms with Crippen molar-refractivity contribution >= 4 is 11.6 Å². The Kier molecular flexibility index (Phi) is 4.06. The van der Waals surface area contributed by atoms with Gasteiger partial charge < -0.3 is 9.84 Å². The minimum absolute atomic E-state index is 0.00772. The first-order chi connectivity index (χ1) is 6.27. The van der Waals surface area contributed by atoms with Gasteiger partial charge in [0.05, 0.1) is 18.2 Å². The topological polar surface area (TPSA) is 29.5 Å². The van der Waals surface area contributed by atoms with Crippen molar-refractivity contribution in [3.05, 3.63) is 28.8 Å². The van der Waals surface area contributed by atoms with E-state index >= 15 is 0 Å². The summed E-state index contributed by atoms with van der Waals surface area (Å²) in [5.41, 5.74) is 0.800. The number of hydrogen-bond acceptors (Lipinski definition) is 2. The van der Waals surface area contributed by atoms with E-state index in [-0.39, 0.29) is 6.61 Å². The first-order valence-corrected chi connectivity index (χ1v) is 4.67. The van der Waals surface area contributed by atoms with Gasteiger partial charge in [0, 0.05) is 0 Å². The number of halogens is 1. The van der Waals surface area contributed by atoms with Crippen molar-refractivity contribution < 1.29 is 9.84 Å². The van der Waals surface area contributed by atoms with Gasteiger partial charge in [-0.05, 0) is 24.1 Å². The van der Waals surface area contributed by atoms with E-state index in [2.05, 4.69) is 0 Å². The highest BCUT2D eigenvalue weighted by Crippen LogP contribution is 2.25. The van der Waals surface area contributed by atoms with E-state index in [1.165, 1.54) is 0 Å². The summed E-state index contributed by atoms with van der Waals surface area (Å²) in [5, 5.41) is 9.39. The normalized spacial score (nSPS) is 10.1. The molecule has 1 rings (SSSR count). The Hall–Kier alpha value is -0.730. The Bertz CT molecular complexity index is 274. The predicted octanol–water partition coefficient (Wildman–Crippen LogP) is 2.62. The van der Waals surface area contributed by atoms with E-state index in [9.17, 15) is 0 Å². The largest absolute Gasteiger partial charge is 0.492 e. The molecule has 72 valence electrons. The van der Waals surface area contributed by atoms with Gasteiger partial charge in [0.15, 0.2) is 0 Å². The highest BCUT2D eigenvalue weighted by atomic mass is 35.5. The molecule has 1 aromatic rings. The molecule has 0 aromatic heterocycles. The molecule has 0 fully saturated rings. The molecule has 0 amide bonds. The van der Waals surface area contributed by atoms with Crippen molar-refractivity contribution in [2.75, 3.05) is 6.61 Å². The van der Waals surface area contributed by atoms with Crippen LogP contribution in [0.5, 0.6) is 5.75 Å². The van der Waals surface area contributed by atoms with Gasteiger partial charge in [0.25, 0.3) is 0 Å². The fourth-order valence-corrected chi connectivity index (χ4v) is 1.23. The average molecular weight is 201 g/mol. The van der Waals surface area contributed by atoms with Crippen LogP contribution in [0, 0.1) is 0 Å². The molecule has 0 aliphatic heterocycles. The van der Waals surface area contributed by atoms with Crippen molar-refractivity contribution in [2.45, 2.75) is 20.0 Å². The minimum atomic E-state index is 0.00772. The fourth-order valence-electron chi connectivity index (χ4n) is 0.972. The Morgan fingerprint density at radius 3 is 2.77 bits per heavy atom. The maximum absolute atomic E-state index is 8.83. The zero-order valence-electron chi connectivity index (χ0n) is 7.59. The monoisotopic (exact) mass is 200 g/mol. The number of hydrogen-bond donors (Lipinski definition) is 1. The van der Waals surface area contributed by atoms with E-state index in [1.54, 1.807) is 18.2 Å². The van der Waals surface area contributed by atoms with Gasteiger partial charge in [0.2, 0.25) is 0 Å². The molecule has 1 aromatic carbocycles. The zero-order valence-corrected chi connectivity index (χ0v) is 8.34. The summed E-state index contributed by atoms with van der Waals surface area (Å²) in [4.78, 5) is 0. The Morgan fingerprint density at radius 2 is 2.23 bits per heavy atom. The van der Waals surface area contributed by atoms with Crippen molar-refractivity contribution in [1.29, 1.82) is 0 Å². The first-order valence-electron chi connectivity index (χ1n) is 4.30. The number of ether oxygens (including phenoxy) is 1. The molecule has 0 aliphatic carbocycles. The summed E-state index contributed by atoms with van der Waals surface area (Å²) in [6, 6.07) is 5.30. The third-order valence-corrected chi connectivity index (χ3v) is 1.94. The summed E-state index contributed by atoms with van der Waals surface area (Å²) < 4.78 is 5.37. The molecular formula is C10H13ClO2. The molecule has 0 bridgehead atoms. The second kappa shape index (κ2) is 5.10. The first kappa shape index (κ1) is 10.4. The Morgan fingerprint density at radius 1 is 1.46 bits per heavy atom. The maximum atomic E-state index is 8.83. The lowest BCUT2D eigenvalue weighted by Crippen LogP contribution is -1.96. The Labute approximate surface area is 83.1 Å². The van der Waals surface area contributed by atoms with Gasteiger partial charge in [-0.1, -0.05) is 24.6 Å². The number of benzene rings is 1. The number of aliphatic hydroxyl groups excluding tert-OH is 1. The van der Waals surface area contributed by atoms with Crippen LogP contribution in [0.25, 0.3) is 0 Å². The van der Waals surface area contributed by atoms with Crippen LogP contribution in [0.15, 0.2) is 18.2 Å². The van der Waals surface area contributed by atoms with Gasteiger partial charge in [-0.25, -0.2) is 0 Å². The fraction of sp³-hybridized carbons (Fsp3) is 0.400. The highest BCUT2D eigenvalue weighted by Gasteiger charge is 2.01. The van der Waals surface area contributed by atoms with Crippen LogP contribution in [0.1, 0.15) is 18.9 Å². The average Bonchev–Trinajstić information content (AvgIpc) is 2.16. The summed E-state index contributed by atoms with van der Waals surface area (Å²) in [7, 11) is 0. The maximum Gasteiger partial charge on any atom is 0.137 e.